The monoisotopic (exact) mass is 718 g/mol. The summed E-state index contributed by atoms with van der Waals surface area (Å²) in [6.45, 7) is 6.67. The van der Waals surface area contributed by atoms with Gasteiger partial charge in [-0.25, -0.2) is 6.07 Å². The van der Waals surface area contributed by atoms with E-state index in [2.05, 4.69) is 160 Å². The SMILES string of the molecule is CC(C)(C)c1cc[cH-]c1.[Cl-].[Cl-].[Hf+4].c1ccc([Si]c2ccccc2)cc1.c1ccc2c(c1)[cH-]c1ccccc12. The third-order valence-corrected chi connectivity index (χ3v) is 7.13. The zero-order valence-electron chi connectivity index (χ0n) is 22.0. The van der Waals surface area contributed by atoms with Crippen LogP contribution in [0.5, 0.6) is 0 Å². The number of hydrogen-bond donors (Lipinski definition) is 0. The van der Waals surface area contributed by atoms with E-state index < -0.39 is 0 Å². The first-order chi connectivity index (χ1) is 17.0. The first-order valence-electron chi connectivity index (χ1n) is 12.1. The summed E-state index contributed by atoms with van der Waals surface area (Å²) in [5.41, 5.74) is 1.74. The van der Waals surface area contributed by atoms with Crippen molar-refractivity contribution >= 4 is 41.4 Å². The molecule has 38 heavy (non-hydrogen) atoms. The molecule has 0 saturated heterocycles. The molecule has 0 aliphatic carbocycles. The van der Waals surface area contributed by atoms with Crippen molar-refractivity contribution in [2.24, 2.45) is 0 Å². The molecule has 2 radical (unpaired) electrons. The number of halogens is 2. The van der Waals surface area contributed by atoms with E-state index in [1.807, 2.05) is 0 Å². The van der Waals surface area contributed by atoms with Gasteiger partial charge >= 0.3 is 25.8 Å². The third-order valence-electron chi connectivity index (χ3n) is 5.89. The van der Waals surface area contributed by atoms with E-state index >= 15 is 0 Å². The Hall–Kier alpha value is -2.23. The number of fused-ring (bicyclic) bond motifs is 3. The molecule has 0 bridgehead atoms. The molecule has 6 rings (SSSR count). The van der Waals surface area contributed by atoms with Crippen LogP contribution in [0.25, 0.3) is 21.5 Å². The van der Waals surface area contributed by atoms with Gasteiger partial charge in [0.05, 0.1) is 0 Å². The minimum atomic E-state index is 0. The van der Waals surface area contributed by atoms with Crippen LogP contribution in [0.1, 0.15) is 26.3 Å². The van der Waals surface area contributed by atoms with Crippen molar-refractivity contribution in [1.82, 2.24) is 0 Å². The molecule has 0 heterocycles. The summed E-state index contributed by atoms with van der Waals surface area (Å²) in [7, 11) is 0.777. The van der Waals surface area contributed by atoms with E-state index in [4.69, 9.17) is 0 Å². The number of benzene rings is 4. The first kappa shape index (κ1) is 33.8. The summed E-state index contributed by atoms with van der Waals surface area (Å²) in [5, 5.41) is 8.19. The molecule has 0 unspecified atom stereocenters. The summed E-state index contributed by atoms with van der Waals surface area (Å²) in [4.78, 5) is 0. The standard InChI is InChI=1S/C13H9.C12H10Si.C9H13.2ClH.Hf/c1-3-7-12-10(5-1)9-11-6-2-4-8-13(11)12;1-3-7-11(8-4-1)13-12-9-5-2-6-10-12;1-9(2,3)8-6-4-5-7-8;;;/h1-9H;1-10H;4-7H,1-3H3;2*1H;/q-1;;-1;;;+4/p-2. The van der Waals surface area contributed by atoms with Crippen molar-refractivity contribution in [3.8, 4) is 0 Å². The smallest absolute Gasteiger partial charge is 1.00 e. The van der Waals surface area contributed by atoms with Crippen LogP contribution in [0, 0.1) is 0 Å². The van der Waals surface area contributed by atoms with Crippen molar-refractivity contribution in [3.63, 3.8) is 0 Å². The molecular formula is C34H32Cl2HfSi. The second-order valence-electron chi connectivity index (χ2n) is 9.60. The molecule has 6 aromatic rings. The van der Waals surface area contributed by atoms with Crippen molar-refractivity contribution in [2.45, 2.75) is 26.2 Å². The maximum absolute atomic E-state index is 2.24. The summed E-state index contributed by atoms with van der Waals surface area (Å²) in [6, 6.07) is 48.9. The predicted octanol–water partition coefficient (Wildman–Crippen LogP) is 1.76. The second-order valence-corrected chi connectivity index (χ2v) is 11.0. The fraction of sp³-hybridized carbons (Fsp3) is 0.118. The van der Waals surface area contributed by atoms with Crippen molar-refractivity contribution in [1.29, 1.82) is 0 Å². The van der Waals surface area contributed by atoms with Crippen LogP contribution in [-0.2, 0) is 31.3 Å². The van der Waals surface area contributed by atoms with Crippen LogP contribution in [0.3, 0.4) is 0 Å². The maximum atomic E-state index is 2.24. The van der Waals surface area contributed by atoms with Crippen LogP contribution < -0.4 is 35.2 Å². The van der Waals surface area contributed by atoms with E-state index in [1.54, 1.807) is 0 Å². The van der Waals surface area contributed by atoms with E-state index in [0.29, 0.717) is 5.41 Å². The molecular weight excluding hydrogens is 686 g/mol. The average Bonchev–Trinajstić information content (AvgIpc) is 3.55. The van der Waals surface area contributed by atoms with Crippen LogP contribution in [0.15, 0.2) is 140 Å². The Balaban J connectivity index is 0.000000279. The van der Waals surface area contributed by atoms with Gasteiger partial charge in [0.1, 0.15) is 9.52 Å². The Morgan fingerprint density at radius 2 is 0.974 bits per heavy atom. The topological polar surface area (TPSA) is 0 Å². The van der Waals surface area contributed by atoms with E-state index in [0.717, 1.165) is 9.52 Å². The van der Waals surface area contributed by atoms with E-state index in [1.165, 1.54) is 37.5 Å². The third kappa shape index (κ3) is 9.82. The zero-order chi connectivity index (χ0) is 24.5. The largest absolute Gasteiger partial charge is 4.00 e. The minimum absolute atomic E-state index is 0. The van der Waals surface area contributed by atoms with Crippen molar-refractivity contribution < 1.29 is 50.7 Å². The molecule has 0 aliphatic heterocycles. The van der Waals surface area contributed by atoms with E-state index in [9.17, 15) is 0 Å². The zero-order valence-corrected chi connectivity index (χ0v) is 28.1. The van der Waals surface area contributed by atoms with Gasteiger partial charge < -0.3 is 24.8 Å². The number of hydrogen-bond acceptors (Lipinski definition) is 0. The van der Waals surface area contributed by atoms with Crippen LogP contribution in [0.4, 0.5) is 0 Å². The molecule has 190 valence electrons. The van der Waals surface area contributed by atoms with Gasteiger partial charge in [0.2, 0.25) is 0 Å². The summed E-state index contributed by atoms with van der Waals surface area (Å²) >= 11 is 0. The summed E-state index contributed by atoms with van der Waals surface area (Å²) in [5.74, 6) is 0. The van der Waals surface area contributed by atoms with Crippen molar-refractivity contribution in [2.75, 3.05) is 0 Å². The van der Waals surface area contributed by atoms with E-state index in [-0.39, 0.29) is 50.7 Å². The van der Waals surface area contributed by atoms with Gasteiger partial charge in [-0.2, -0.15) is 23.8 Å². The Kier molecular flexibility index (Phi) is 14.8. The van der Waals surface area contributed by atoms with Gasteiger partial charge in [0.25, 0.3) is 0 Å². The Labute approximate surface area is 261 Å². The molecule has 0 saturated carbocycles. The number of rotatable bonds is 2. The normalized spacial score (nSPS) is 9.97. The minimum Gasteiger partial charge on any atom is -1.00 e. The molecule has 0 aliphatic rings. The molecule has 6 aromatic carbocycles. The quantitative estimate of drug-likeness (QED) is 0.190. The average molecular weight is 718 g/mol. The fourth-order valence-electron chi connectivity index (χ4n) is 3.99. The summed E-state index contributed by atoms with van der Waals surface area (Å²) in [6.07, 6.45) is 0. The molecule has 0 fully saturated rings. The van der Waals surface area contributed by atoms with Crippen LogP contribution >= 0.6 is 0 Å². The Morgan fingerprint density at radius 3 is 1.34 bits per heavy atom. The molecule has 0 spiro atoms. The van der Waals surface area contributed by atoms with Gasteiger partial charge in [-0.3, -0.25) is 0 Å². The predicted molar refractivity (Wildman–Crippen MR) is 156 cm³/mol. The first-order valence-corrected chi connectivity index (χ1v) is 13.1. The molecule has 0 atom stereocenters. The maximum Gasteiger partial charge on any atom is 4.00 e. The van der Waals surface area contributed by atoms with Gasteiger partial charge in [-0.1, -0.05) is 134 Å². The van der Waals surface area contributed by atoms with Gasteiger partial charge in [0.15, 0.2) is 0 Å². The summed E-state index contributed by atoms with van der Waals surface area (Å²) < 4.78 is 0. The molecule has 4 heteroatoms. The van der Waals surface area contributed by atoms with Crippen LogP contribution in [-0.4, -0.2) is 9.52 Å². The Bertz CT molecular complexity index is 1350. The van der Waals surface area contributed by atoms with Crippen molar-refractivity contribution in [3.05, 3.63) is 145 Å². The second kappa shape index (κ2) is 16.7. The molecule has 0 N–H and O–H groups in total. The molecule has 0 aromatic heterocycles. The van der Waals surface area contributed by atoms with Gasteiger partial charge in [-0.15, -0.1) is 39.7 Å². The van der Waals surface area contributed by atoms with Crippen LogP contribution in [0.2, 0.25) is 0 Å². The van der Waals surface area contributed by atoms with Gasteiger partial charge in [-0.05, 0) is 0 Å². The van der Waals surface area contributed by atoms with Gasteiger partial charge in [0, 0.05) is 0 Å². The molecule has 0 nitrogen and oxygen atoms in total. The molecule has 0 amide bonds. The Morgan fingerprint density at radius 1 is 0.553 bits per heavy atom. The fourth-order valence-corrected chi connectivity index (χ4v) is 5.04.